The Balaban J connectivity index is 1.48. The van der Waals surface area contributed by atoms with Gasteiger partial charge >= 0.3 is 0 Å². The first-order chi connectivity index (χ1) is 13.0. The van der Waals surface area contributed by atoms with Crippen LogP contribution in [0.2, 0.25) is 0 Å². The van der Waals surface area contributed by atoms with E-state index in [1.54, 1.807) is 4.90 Å². The van der Waals surface area contributed by atoms with Crippen LogP contribution in [-0.4, -0.2) is 47.8 Å². The van der Waals surface area contributed by atoms with E-state index in [9.17, 15) is 14.4 Å². The van der Waals surface area contributed by atoms with Gasteiger partial charge in [0.05, 0.1) is 0 Å². The highest BCUT2D eigenvalue weighted by Gasteiger charge is 2.39. The molecular formula is C20H26N4O3. The number of fused-ring (bicyclic) bond motifs is 1. The van der Waals surface area contributed by atoms with Gasteiger partial charge in [0, 0.05) is 37.7 Å². The van der Waals surface area contributed by atoms with E-state index < -0.39 is 6.04 Å². The van der Waals surface area contributed by atoms with Crippen molar-refractivity contribution in [3.8, 4) is 0 Å². The van der Waals surface area contributed by atoms with E-state index in [0.717, 1.165) is 30.6 Å². The SMILES string of the molecule is C[C@@H]1CNC[C@@H](NCc2cccc3c2C(=O)N(C2CCC(=O)NC2=O)C3)C1. The molecule has 7 heteroatoms. The van der Waals surface area contributed by atoms with Gasteiger partial charge in [-0.3, -0.25) is 19.7 Å². The summed E-state index contributed by atoms with van der Waals surface area (Å²) in [6.07, 6.45) is 1.79. The minimum atomic E-state index is -0.563. The second-order valence-electron chi connectivity index (χ2n) is 7.93. The average molecular weight is 370 g/mol. The molecule has 3 atom stereocenters. The van der Waals surface area contributed by atoms with Crippen molar-refractivity contribution in [2.75, 3.05) is 13.1 Å². The van der Waals surface area contributed by atoms with Gasteiger partial charge in [-0.15, -0.1) is 0 Å². The van der Waals surface area contributed by atoms with Gasteiger partial charge in [0.25, 0.3) is 5.91 Å². The highest BCUT2D eigenvalue weighted by Crippen LogP contribution is 2.30. The molecular weight excluding hydrogens is 344 g/mol. The molecule has 27 heavy (non-hydrogen) atoms. The summed E-state index contributed by atoms with van der Waals surface area (Å²) in [6.45, 7) is 5.30. The van der Waals surface area contributed by atoms with Crippen LogP contribution in [0.5, 0.6) is 0 Å². The summed E-state index contributed by atoms with van der Waals surface area (Å²) >= 11 is 0. The van der Waals surface area contributed by atoms with Crippen LogP contribution in [-0.2, 0) is 22.7 Å². The van der Waals surface area contributed by atoms with Crippen molar-refractivity contribution in [3.05, 3.63) is 34.9 Å². The third-order valence-corrected chi connectivity index (χ3v) is 5.79. The Morgan fingerprint density at radius 2 is 2.07 bits per heavy atom. The molecule has 0 spiro atoms. The molecule has 0 saturated carbocycles. The topological polar surface area (TPSA) is 90.5 Å². The largest absolute Gasteiger partial charge is 0.322 e. The minimum absolute atomic E-state index is 0.105. The summed E-state index contributed by atoms with van der Waals surface area (Å²) in [7, 11) is 0. The predicted molar refractivity (Wildman–Crippen MR) is 99.8 cm³/mol. The van der Waals surface area contributed by atoms with Crippen molar-refractivity contribution in [1.82, 2.24) is 20.9 Å². The van der Waals surface area contributed by atoms with Crippen LogP contribution in [0.3, 0.4) is 0 Å². The Labute approximate surface area is 158 Å². The molecule has 3 aliphatic rings. The number of hydrogen-bond donors (Lipinski definition) is 3. The Morgan fingerprint density at radius 3 is 2.85 bits per heavy atom. The van der Waals surface area contributed by atoms with E-state index >= 15 is 0 Å². The smallest absolute Gasteiger partial charge is 0.255 e. The zero-order chi connectivity index (χ0) is 19.0. The van der Waals surface area contributed by atoms with E-state index in [-0.39, 0.29) is 24.1 Å². The Hall–Kier alpha value is -2.25. The molecule has 0 aromatic heterocycles. The maximum atomic E-state index is 13.1. The molecule has 2 saturated heterocycles. The first-order valence-corrected chi connectivity index (χ1v) is 9.72. The summed E-state index contributed by atoms with van der Waals surface area (Å²) in [5, 5.41) is 9.35. The van der Waals surface area contributed by atoms with E-state index in [1.165, 1.54) is 0 Å². The van der Waals surface area contributed by atoms with Crippen molar-refractivity contribution >= 4 is 17.7 Å². The molecule has 2 fully saturated rings. The summed E-state index contributed by atoms with van der Waals surface area (Å²) in [5.74, 6) is -0.0932. The Morgan fingerprint density at radius 1 is 1.22 bits per heavy atom. The van der Waals surface area contributed by atoms with E-state index in [2.05, 4.69) is 22.9 Å². The number of piperidine rings is 2. The molecule has 4 rings (SSSR count). The van der Waals surface area contributed by atoms with Crippen LogP contribution in [0.25, 0.3) is 0 Å². The first kappa shape index (κ1) is 18.1. The second-order valence-corrected chi connectivity index (χ2v) is 7.93. The van der Waals surface area contributed by atoms with Crippen molar-refractivity contribution in [1.29, 1.82) is 0 Å². The van der Waals surface area contributed by atoms with Gasteiger partial charge < -0.3 is 15.5 Å². The molecule has 3 amide bonds. The van der Waals surface area contributed by atoms with Gasteiger partial charge in [0.2, 0.25) is 11.8 Å². The van der Waals surface area contributed by atoms with Gasteiger partial charge in [-0.25, -0.2) is 0 Å². The molecule has 0 radical (unpaired) electrons. The molecule has 3 heterocycles. The fourth-order valence-corrected chi connectivity index (χ4v) is 4.40. The molecule has 1 aromatic carbocycles. The number of nitrogens with zero attached hydrogens (tertiary/aromatic N) is 1. The van der Waals surface area contributed by atoms with Gasteiger partial charge in [0.15, 0.2) is 0 Å². The van der Waals surface area contributed by atoms with Crippen LogP contribution >= 0.6 is 0 Å². The summed E-state index contributed by atoms with van der Waals surface area (Å²) in [6, 6.07) is 5.74. The lowest BCUT2D eigenvalue weighted by Gasteiger charge is -2.29. The highest BCUT2D eigenvalue weighted by atomic mass is 16.2. The van der Waals surface area contributed by atoms with E-state index in [1.807, 2.05) is 18.2 Å². The fourth-order valence-electron chi connectivity index (χ4n) is 4.40. The molecule has 0 bridgehead atoms. The zero-order valence-electron chi connectivity index (χ0n) is 15.6. The summed E-state index contributed by atoms with van der Waals surface area (Å²) in [4.78, 5) is 38.3. The number of amides is 3. The van der Waals surface area contributed by atoms with Crippen LogP contribution in [0, 0.1) is 5.92 Å². The zero-order valence-corrected chi connectivity index (χ0v) is 15.6. The number of rotatable bonds is 4. The first-order valence-electron chi connectivity index (χ1n) is 9.72. The number of hydrogen-bond acceptors (Lipinski definition) is 5. The lowest BCUT2D eigenvalue weighted by molar-refractivity contribution is -0.136. The van der Waals surface area contributed by atoms with Crippen LogP contribution < -0.4 is 16.0 Å². The third kappa shape index (κ3) is 3.61. The van der Waals surface area contributed by atoms with Crippen molar-refractivity contribution in [2.24, 2.45) is 5.92 Å². The van der Waals surface area contributed by atoms with Gasteiger partial charge in [-0.2, -0.15) is 0 Å². The van der Waals surface area contributed by atoms with Gasteiger partial charge in [-0.05, 0) is 36.4 Å². The fraction of sp³-hybridized carbons (Fsp3) is 0.550. The quantitative estimate of drug-likeness (QED) is 0.673. The average Bonchev–Trinajstić information content (AvgIpc) is 2.97. The Bertz CT molecular complexity index is 778. The maximum absolute atomic E-state index is 13.1. The highest BCUT2D eigenvalue weighted by molar-refractivity contribution is 6.05. The summed E-state index contributed by atoms with van der Waals surface area (Å²) in [5.41, 5.74) is 2.65. The molecule has 3 aliphatic heterocycles. The number of benzene rings is 1. The normalized spacial score (nSPS) is 28.3. The number of nitrogens with one attached hydrogen (secondary N) is 3. The standard InChI is InChI=1S/C20H26N4O3/c1-12-7-15(10-21-8-12)22-9-13-3-2-4-14-11-24(20(27)18(13)14)16-5-6-17(25)23-19(16)26/h2-4,12,15-16,21-22H,5-11H2,1H3,(H,23,25,26)/t12-,15-,16?/m0/s1. The molecule has 0 aliphatic carbocycles. The van der Waals surface area contributed by atoms with Crippen LogP contribution in [0.1, 0.15) is 47.7 Å². The second kappa shape index (κ2) is 7.40. The maximum Gasteiger partial charge on any atom is 0.255 e. The third-order valence-electron chi connectivity index (χ3n) is 5.79. The molecule has 7 nitrogen and oxygen atoms in total. The Kier molecular flexibility index (Phi) is 4.97. The number of carbonyl (C=O) groups excluding carboxylic acids is 3. The van der Waals surface area contributed by atoms with Crippen molar-refractivity contribution < 1.29 is 14.4 Å². The van der Waals surface area contributed by atoms with Crippen molar-refractivity contribution in [3.63, 3.8) is 0 Å². The molecule has 1 aromatic rings. The van der Waals surface area contributed by atoms with Gasteiger partial charge in [-0.1, -0.05) is 25.1 Å². The number of imide groups is 1. The molecule has 1 unspecified atom stereocenters. The number of carbonyl (C=O) groups is 3. The monoisotopic (exact) mass is 370 g/mol. The van der Waals surface area contributed by atoms with E-state index in [4.69, 9.17) is 0 Å². The van der Waals surface area contributed by atoms with Crippen molar-refractivity contribution in [2.45, 2.75) is 51.4 Å². The lowest BCUT2D eigenvalue weighted by atomic mass is 9.97. The predicted octanol–water partition coefficient (Wildman–Crippen LogP) is 0.535. The van der Waals surface area contributed by atoms with Crippen LogP contribution in [0.4, 0.5) is 0 Å². The van der Waals surface area contributed by atoms with Gasteiger partial charge in [0.1, 0.15) is 6.04 Å². The van der Waals surface area contributed by atoms with Crippen LogP contribution in [0.15, 0.2) is 18.2 Å². The van der Waals surface area contributed by atoms with E-state index in [0.29, 0.717) is 37.0 Å². The molecule has 144 valence electrons. The minimum Gasteiger partial charge on any atom is -0.322 e. The molecule has 3 N–H and O–H groups in total. The summed E-state index contributed by atoms with van der Waals surface area (Å²) < 4.78 is 0. The lowest BCUT2D eigenvalue weighted by Crippen LogP contribution is -2.52.